The maximum atomic E-state index is 11.6. The number of aromatic nitrogens is 1. The van der Waals surface area contributed by atoms with Gasteiger partial charge in [0, 0.05) is 15.8 Å². The molecule has 1 N–H and O–H groups in total. The molecular formula is C18H15NO2S. The Morgan fingerprint density at radius 1 is 1.09 bits per heavy atom. The fraction of sp³-hybridized carbons (Fsp3) is 0.111. The van der Waals surface area contributed by atoms with Crippen LogP contribution in [0.5, 0.6) is 0 Å². The molecule has 3 rings (SSSR count). The Labute approximate surface area is 133 Å². The summed E-state index contributed by atoms with van der Waals surface area (Å²) in [5, 5.41) is 10.2. The van der Waals surface area contributed by atoms with Crippen molar-refractivity contribution in [2.45, 2.75) is 11.8 Å². The van der Waals surface area contributed by atoms with Gasteiger partial charge in [0.15, 0.2) is 0 Å². The van der Waals surface area contributed by atoms with E-state index in [9.17, 15) is 9.90 Å². The van der Waals surface area contributed by atoms with E-state index in [4.69, 9.17) is 0 Å². The normalized spacial score (nSPS) is 10.8. The zero-order chi connectivity index (χ0) is 15.7. The fourth-order valence-electron chi connectivity index (χ4n) is 2.43. The van der Waals surface area contributed by atoms with Crippen molar-refractivity contribution in [3.8, 4) is 11.3 Å². The summed E-state index contributed by atoms with van der Waals surface area (Å²) in [6, 6.07) is 15.3. The first-order chi connectivity index (χ1) is 10.6. The second-order valence-corrected chi connectivity index (χ2v) is 5.99. The predicted octanol–water partition coefficient (Wildman–Crippen LogP) is 4.63. The smallest absolute Gasteiger partial charge is 0.336 e. The van der Waals surface area contributed by atoms with Gasteiger partial charge in [-0.1, -0.05) is 23.8 Å². The Kier molecular flexibility index (Phi) is 3.86. The molecule has 0 amide bonds. The summed E-state index contributed by atoms with van der Waals surface area (Å²) in [5.74, 6) is -0.931. The van der Waals surface area contributed by atoms with Crippen molar-refractivity contribution >= 4 is 28.6 Å². The molecule has 3 aromatic rings. The van der Waals surface area contributed by atoms with Gasteiger partial charge in [-0.15, -0.1) is 11.8 Å². The maximum Gasteiger partial charge on any atom is 0.336 e. The Morgan fingerprint density at radius 3 is 2.45 bits per heavy atom. The van der Waals surface area contributed by atoms with Gasteiger partial charge in [0.05, 0.1) is 16.8 Å². The first kappa shape index (κ1) is 14.6. The number of hydrogen-bond donors (Lipinski definition) is 1. The number of benzene rings is 2. The number of aryl methyl sites for hydroxylation is 1. The third-order valence-electron chi connectivity index (χ3n) is 3.58. The van der Waals surface area contributed by atoms with Crippen molar-refractivity contribution in [3.05, 3.63) is 59.7 Å². The van der Waals surface area contributed by atoms with E-state index in [1.54, 1.807) is 17.8 Å². The van der Waals surface area contributed by atoms with E-state index in [1.807, 2.05) is 55.6 Å². The second-order valence-electron chi connectivity index (χ2n) is 5.11. The maximum absolute atomic E-state index is 11.6. The van der Waals surface area contributed by atoms with Crippen LogP contribution in [0.2, 0.25) is 0 Å². The van der Waals surface area contributed by atoms with Crippen molar-refractivity contribution < 1.29 is 9.90 Å². The minimum Gasteiger partial charge on any atom is -0.478 e. The van der Waals surface area contributed by atoms with Crippen molar-refractivity contribution in [2.24, 2.45) is 0 Å². The zero-order valence-electron chi connectivity index (χ0n) is 12.3. The molecule has 0 aliphatic rings. The lowest BCUT2D eigenvalue weighted by molar-refractivity contribution is 0.0699. The molecule has 3 nitrogen and oxygen atoms in total. The molecule has 4 heteroatoms. The predicted molar refractivity (Wildman–Crippen MR) is 90.7 cm³/mol. The molecule has 0 spiro atoms. The fourth-order valence-corrected chi connectivity index (χ4v) is 2.83. The molecule has 0 fully saturated rings. The molecule has 0 saturated heterocycles. The molecule has 0 atom stereocenters. The standard InChI is InChI=1S/C18H15NO2S/c1-11-3-8-16-14(9-11)15(18(20)21)10-17(19-16)12-4-6-13(22-2)7-5-12/h3-10H,1-2H3,(H,20,21). The first-order valence-corrected chi connectivity index (χ1v) is 8.10. The summed E-state index contributed by atoms with van der Waals surface area (Å²) < 4.78 is 0. The van der Waals surface area contributed by atoms with Gasteiger partial charge in [-0.05, 0) is 43.5 Å². The average Bonchev–Trinajstić information content (AvgIpc) is 2.53. The van der Waals surface area contributed by atoms with Gasteiger partial charge in [-0.3, -0.25) is 0 Å². The van der Waals surface area contributed by atoms with Gasteiger partial charge >= 0.3 is 5.97 Å². The molecule has 2 aromatic carbocycles. The molecule has 0 aliphatic carbocycles. The highest BCUT2D eigenvalue weighted by atomic mass is 32.2. The Balaban J connectivity index is 2.21. The van der Waals surface area contributed by atoms with E-state index in [1.165, 1.54) is 4.90 Å². The molecule has 110 valence electrons. The van der Waals surface area contributed by atoms with Gasteiger partial charge in [0.25, 0.3) is 0 Å². The summed E-state index contributed by atoms with van der Waals surface area (Å²) in [7, 11) is 0. The second kappa shape index (κ2) is 5.81. The topological polar surface area (TPSA) is 50.2 Å². The van der Waals surface area contributed by atoms with Crippen LogP contribution in [0, 0.1) is 6.92 Å². The van der Waals surface area contributed by atoms with Crippen LogP contribution in [0.3, 0.4) is 0 Å². The van der Waals surface area contributed by atoms with Gasteiger partial charge < -0.3 is 5.11 Å². The van der Waals surface area contributed by atoms with Crippen molar-refractivity contribution in [1.29, 1.82) is 0 Å². The van der Waals surface area contributed by atoms with Crippen LogP contribution in [0.1, 0.15) is 15.9 Å². The highest BCUT2D eigenvalue weighted by Gasteiger charge is 2.13. The van der Waals surface area contributed by atoms with E-state index >= 15 is 0 Å². The van der Waals surface area contributed by atoms with Crippen LogP contribution in [0.4, 0.5) is 0 Å². The largest absolute Gasteiger partial charge is 0.478 e. The zero-order valence-corrected chi connectivity index (χ0v) is 13.1. The van der Waals surface area contributed by atoms with E-state index in [0.29, 0.717) is 16.6 Å². The number of rotatable bonds is 3. The van der Waals surface area contributed by atoms with Gasteiger partial charge in [0.2, 0.25) is 0 Å². The lowest BCUT2D eigenvalue weighted by atomic mass is 10.0. The third kappa shape index (κ3) is 2.70. The Morgan fingerprint density at radius 2 is 1.82 bits per heavy atom. The summed E-state index contributed by atoms with van der Waals surface area (Å²) >= 11 is 1.67. The number of nitrogens with zero attached hydrogens (tertiary/aromatic N) is 1. The van der Waals surface area contributed by atoms with Crippen LogP contribution in [-0.2, 0) is 0 Å². The summed E-state index contributed by atoms with van der Waals surface area (Å²) in [4.78, 5) is 17.4. The molecule has 0 unspecified atom stereocenters. The van der Waals surface area contributed by atoms with E-state index < -0.39 is 5.97 Å². The molecule has 0 saturated carbocycles. The van der Waals surface area contributed by atoms with Crippen molar-refractivity contribution in [1.82, 2.24) is 4.98 Å². The SMILES string of the molecule is CSc1ccc(-c2cc(C(=O)O)c3cc(C)ccc3n2)cc1. The van der Waals surface area contributed by atoms with Crippen LogP contribution >= 0.6 is 11.8 Å². The van der Waals surface area contributed by atoms with Crippen molar-refractivity contribution in [3.63, 3.8) is 0 Å². The average molecular weight is 309 g/mol. The number of aromatic carboxylic acids is 1. The summed E-state index contributed by atoms with van der Waals surface area (Å²) in [6.07, 6.45) is 2.02. The molecule has 22 heavy (non-hydrogen) atoms. The van der Waals surface area contributed by atoms with Crippen LogP contribution in [0.15, 0.2) is 53.4 Å². The summed E-state index contributed by atoms with van der Waals surface area (Å²) in [5.41, 5.74) is 3.62. The Hall–Kier alpha value is -2.33. The number of carboxylic acids is 1. The van der Waals surface area contributed by atoms with E-state index in [2.05, 4.69) is 4.98 Å². The van der Waals surface area contributed by atoms with Gasteiger partial charge in [0.1, 0.15) is 0 Å². The number of carbonyl (C=O) groups is 1. The Bertz CT molecular complexity index is 857. The van der Waals surface area contributed by atoms with Crippen LogP contribution in [0.25, 0.3) is 22.2 Å². The number of fused-ring (bicyclic) bond motifs is 1. The van der Waals surface area contributed by atoms with Crippen LogP contribution in [-0.4, -0.2) is 22.3 Å². The molecule has 1 aromatic heterocycles. The molecule has 0 bridgehead atoms. The number of hydrogen-bond acceptors (Lipinski definition) is 3. The highest BCUT2D eigenvalue weighted by Crippen LogP contribution is 2.27. The first-order valence-electron chi connectivity index (χ1n) is 6.87. The molecule has 1 heterocycles. The highest BCUT2D eigenvalue weighted by molar-refractivity contribution is 7.98. The monoisotopic (exact) mass is 309 g/mol. The van der Waals surface area contributed by atoms with Crippen LogP contribution < -0.4 is 0 Å². The van der Waals surface area contributed by atoms with Gasteiger partial charge in [-0.2, -0.15) is 0 Å². The molecule has 0 aliphatic heterocycles. The van der Waals surface area contributed by atoms with Crippen molar-refractivity contribution in [2.75, 3.05) is 6.26 Å². The molecule has 0 radical (unpaired) electrons. The quantitative estimate of drug-likeness (QED) is 0.717. The van der Waals surface area contributed by atoms with E-state index in [-0.39, 0.29) is 5.56 Å². The minimum absolute atomic E-state index is 0.289. The lowest BCUT2D eigenvalue weighted by Gasteiger charge is -2.08. The third-order valence-corrected chi connectivity index (χ3v) is 4.32. The molecular weight excluding hydrogens is 294 g/mol. The lowest BCUT2D eigenvalue weighted by Crippen LogP contribution is -2.00. The summed E-state index contributed by atoms with van der Waals surface area (Å²) in [6.45, 7) is 1.94. The minimum atomic E-state index is -0.931. The van der Waals surface area contributed by atoms with Gasteiger partial charge in [-0.25, -0.2) is 9.78 Å². The van der Waals surface area contributed by atoms with E-state index in [0.717, 1.165) is 11.1 Å². The number of thioether (sulfide) groups is 1. The number of pyridine rings is 1. The number of carboxylic acid groups (broad SMARTS) is 1.